The van der Waals surface area contributed by atoms with E-state index in [2.05, 4.69) is 5.32 Å². The van der Waals surface area contributed by atoms with E-state index in [1.165, 1.54) is 6.42 Å². The van der Waals surface area contributed by atoms with Gasteiger partial charge in [0.05, 0.1) is 5.54 Å². The molecule has 2 aliphatic carbocycles. The van der Waals surface area contributed by atoms with Gasteiger partial charge in [-0.15, -0.1) is 0 Å². The van der Waals surface area contributed by atoms with Crippen molar-refractivity contribution in [2.24, 2.45) is 23.5 Å². The highest BCUT2D eigenvalue weighted by Gasteiger charge is 2.48. The number of amides is 1. The van der Waals surface area contributed by atoms with Crippen molar-refractivity contribution in [1.82, 2.24) is 5.32 Å². The van der Waals surface area contributed by atoms with Crippen LogP contribution in [0.1, 0.15) is 31.7 Å². The lowest BCUT2D eigenvalue weighted by Gasteiger charge is -2.31. The van der Waals surface area contributed by atoms with Crippen LogP contribution in [-0.4, -0.2) is 12.5 Å². The van der Waals surface area contributed by atoms with Crippen LogP contribution in [-0.2, 0) is 10.3 Å². The molecule has 0 radical (unpaired) electrons. The van der Waals surface area contributed by atoms with Gasteiger partial charge in [-0.1, -0.05) is 30.3 Å². The molecule has 0 bridgehead atoms. The average molecular weight is 258 g/mol. The smallest absolute Gasteiger partial charge is 0.223 e. The molecule has 0 spiro atoms. The summed E-state index contributed by atoms with van der Waals surface area (Å²) in [5, 5.41) is 3.18. The number of carbonyl (C=O) groups is 1. The molecule has 0 saturated heterocycles. The molecular formula is C16H22N2O. The van der Waals surface area contributed by atoms with Gasteiger partial charge in [-0.25, -0.2) is 0 Å². The Kier molecular flexibility index (Phi) is 3.09. The lowest BCUT2D eigenvalue weighted by Crippen LogP contribution is -2.50. The molecule has 102 valence electrons. The van der Waals surface area contributed by atoms with Crippen LogP contribution in [0.15, 0.2) is 30.3 Å². The summed E-state index contributed by atoms with van der Waals surface area (Å²) < 4.78 is 0. The normalized spacial score (nSPS) is 31.4. The van der Waals surface area contributed by atoms with Crippen LogP contribution in [0, 0.1) is 17.8 Å². The van der Waals surface area contributed by atoms with Crippen LogP contribution in [0.2, 0.25) is 0 Å². The van der Waals surface area contributed by atoms with Gasteiger partial charge in [-0.3, -0.25) is 4.79 Å². The Morgan fingerprint density at radius 3 is 2.47 bits per heavy atom. The minimum absolute atomic E-state index is 0.184. The molecular weight excluding hydrogens is 236 g/mol. The minimum atomic E-state index is -0.453. The molecule has 1 aromatic rings. The number of carbonyl (C=O) groups excluding carboxylic acids is 1. The molecule has 2 saturated carbocycles. The molecule has 2 aliphatic rings. The van der Waals surface area contributed by atoms with Crippen molar-refractivity contribution in [3.05, 3.63) is 35.9 Å². The Hall–Kier alpha value is -1.35. The molecule has 3 atom stereocenters. The van der Waals surface area contributed by atoms with E-state index in [0.717, 1.165) is 30.2 Å². The van der Waals surface area contributed by atoms with Crippen molar-refractivity contribution in [3.63, 3.8) is 0 Å². The quantitative estimate of drug-likeness (QED) is 0.868. The maximum atomic E-state index is 12.4. The zero-order valence-electron chi connectivity index (χ0n) is 11.4. The Labute approximate surface area is 114 Å². The van der Waals surface area contributed by atoms with Gasteiger partial charge in [-0.05, 0) is 43.6 Å². The molecule has 0 aromatic heterocycles. The Morgan fingerprint density at radius 1 is 1.26 bits per heavy atom. The fraction of sp³-hybridized carbons (Fsp3) is 0.562. The van der Waals surface area contributed by atoms with Crippen LogP contribution >= 0.6 is 0 Å². The van der Waals surface area contributed by atoms with E-state index in [0.29, 0.717) is 6.54 Å². The van der Waals surface area contributed by atoms with Crippen LogP contribution < -0.4 is 11.1 Å². The highest BCUT2D eigenvalue weighted by atomic mass is 16.2. The third kappa shape index (κ3) is 2.39. The number of nitrogens with two attached hydrogens (primary N) is 1. The lowest BCUT2D eigenvalue weighted by molar-refractivity contribution is -0.127. The van der Waals surface area contributed by atoms with Gasteiger partial charge >= 0.3 is 0 Å². The van der Waals surface area contributed by atoms with Gasteiger partial charge in [0.2, 0.25) is 5.91 Å². The van der Waals surface area contributed by atoms with Crippen LogP contribution in [0.25, 0.3) is 0 Å². The second kappa shape index (κ2) is 4.64. The first-order chi connectivity index (χ1) is 9.12. The molecule has 3 nitrogen and oxygen atoms in total. The number of nitrogens with one attached hydrogen (secondary N) is 1. The second-order valence-corrected chi connectivity index (χ2v) is 6.32. The minimum Gasteiger partial charge on any atom is -0.345 e. The fourth-order valence-corrected chi connectivity index (χ4v) is 3.35. The van der Waals surface area contributed by atoms with E-state index < -0.39 is 5.54 Å². The SMILES string of the molecule is CC(CN)(NC(=O)C1CC2CC2C1)c1ccccc1. The lowest BCUT2D eigenvalue weighted by atomic mass is 9.90. The fourth-order valence-electron chi connectivity index (χ4n) is 3.35. The first kappa shape index (κ1) is 12.7. The molecule has 3 rings (SSSR count). The van der Waals surface area contributed by atoms with E-state index in [1.54, 1.807) is 0 Å². The molecule has 0 heterocycles. The average Bonchev–Trinajstić information content (AvgIpc) is 3.06. The summed E-state index contributed by atoms with van der Waals surface area (Å²) in [7, 11) is 0. The zero-order chi connectivity index (χ0) is 13.5. The van der Waals surface area contributed by atoms with E-state index >= 15 is 0 Å². The van der Waals surface area contributed by atoms with Gasteiger partial charge in [-0.2, -0.15) is 0 Å². The van der Waals surface area contributed by atoms with Crippen molar-refractivity contribution in [2.75, 3.05) is 6.54 Å². The Balaban J connectivity index is 1.70. The van der Waals surface area contributed by atoms with Crippen molar-refractivity contribution in [1.29, 1.82) is 0 Å². The predicted molar refractivity (Wildman–Crippen MR) is 75.3 cm³/mol. The molecule has 0 aliphatic heterocycles. The molecule has 2 fully saturated rings. The Morgan fingerprint density at radius 2 is 1.89 bits per heavy atom. The van der Waals surface area contributed by atoms with Gasteiger partial charge in [0.15, 0.2) is 0 Å². The number of fused-ring (bicyclic) bond motifs is 1. The van der Waals surface area contributed by atoms with Gasteiger partial charge in [0.1, 0.15) is 0 Å². The van der Waals surface area contributed by atoms with E-state index in [4.69, 9.17) is 5.73 Å². The van der Waals surface area contributed by atoms with Crippen LogP contribution in [0.4, 0.5) is 0 Å². The predicted octanol–water partition coefficient (Wildman–Crippen LogP) is 2.02. The molecule has 3 unspecified atom stereocenters. The summed E-state index contributed by atoms with van der Waals surface area (Å²) in [5.41, 5.74) is 6.53. The third-order valence-electron chi connectivity index (χ3n) is 4.83. The van der Waals surface area contributed by atoms with Gasteiger partial charge in [0, 0.05) is 12.5 Å². The van der Waals surface area contributed by atoms with Crippen LogP contribution in [0.3, 0.4) is 0 Å². The molecule has 19 heavy (non-hydrogen) atoms. The maximum Gasteiger partial charge on any atom is 0.223 e. The van der Waals surface area contributed by atoms with Crippen molar-refractivity contribution >= 4 is 5.91 Å². The largest absolute Gasteiger partial charge is 0.345 e. The highest BCUT2D eigenvalue weighted by Crippen LogP contribution is 2.54. The van der Waals surface area contributed by atoms with E-state index in [9.17, 15) is 4.79 Å². The molecule has 3 heteroatoms. The van der Waals surface area contributed by atoms with E-state index in [-0.39, 0.29) is 11.8 Å². The first-order valence-corrected chi connectivity index (χ1v) is 7.20. The number of hydrogen-bond donors (Lipinski definition) is 2. The third-order valence-corrected chi connectivity index (χ3v) is 4.83. The van der Waals surface area contributed by atoms with Gasteiger partial charge in [0.25, 0.3) is 0 Å². The number of hydrogen-bond acceptors (Lipinski definition) is 2. The van der Waals surface area contributed by atoms with Gasteiger partial charge < -0.3 is 11.1 Å². The summed E-state index contributed by atoms with van der Waals surface area (Å²) in [6, 6.07) is 10.0. The zero-order valence-corrected chi connectivity index (χ0v) is 11.4. The Bertz CT molecular complexity index is 463. The summed E-state index contributed by atoms with van der Waals surface area (Å²) in [5.74, 6) is 2.05. The summed E-state index contributed by atoms with van der Waals surface area (Å²) in [6.45, 7) is 2.43. The monoisotopic (exact) mass is 258 g/mol. The summed E-state index contributed by atoms with van der Waals surface area (Å²) >= 11 is 0. The number of rotatable bonds is 4. The second-order valence-electron chi connectivity index (χ2n) is 6.32. The standard InChI is InChI=1S/C16H22N2O/c1-16(10-17,14-5-3-2-4-6-14)18-15(19)13-8-11-7-12(11)9-13/h2-6,11-13H,7-10,17H2,1H3,(H,18,19). The first-order valence-electron chi connectivity index (χ1n) is 7.20. The van der Waals surface area contributed by atoms with Crippen LogP contribution in [0.5, 0.6) is 0 Å². The van der Waals surface area contributed by atoms with E-state index in [1.807, 2.05) is 37.3 Å². The topological polar surface area (TPSA) is 55.1 Å². The van der Waals surface area contributed by atoms with Crippen molar-refractivity contribution < 1.29 is 4.79 Å². The summed E-state index contributed by atoms with van der Waals surface area (Å²) in [6.07, 6.45) is 3.49. The van der Waals surface area contributed by atoms with Crippen molar-refractivity contribution in [3.8, 4) is 0 Å². The maximum absolute atomic E-state index is 12.4. The number of benzene rings is 1. The summed E-state index contributed by atoms with van der Waals surface area (Å²) in [4.78, 5) is 12.4. The molecule has 1 aromatic carbocycles. The molecule has 1 amide bonds. The molecule has 3 N–H and O–H groups in total. The van der Waals surface area contributed by atoms with Crippen molar-refractivity contribution in [2.45, 2.75) is 31.7 Å². The highest BCUT2D eigenvalue weighted by molar-refractivity contribution is 5.80.